The van der Waals surface area contributed by atoms with Crippen molar-refractivity contribution in [1.82, 2.24) is 9.97 Å². The lowest BCUT2D eigenvalue weighted by Gasteiger charge is -2.01. The number of carboxylic acids is 1. The predicted octanol–water partition coefficient (Wildman–Crippen LogP) is 6.40. The molecule has 1 aromatic carbocycles. The van der Waals surface area contributed by atoms with Gasteiger partial charge in [-0.1, -0.05) is 64.0 Å². The van der Waals surface area contributed by atoms with Crippen LogP contribution in [0.2, 0.25) is 0 Å². The van der Waals surface area contributed by atoms with Gasteiger partial charge < -0.3 is 15.8 Å². The molecular weight excluding hydrogens is 412 g/mol. The van der Waals surface area contributed by atoms with Gasteiger partial charge in [-0.2, -0.15) is 5.26 Å². The Bertz CT molecular complexity index is 1010. The molecule has 0 aliphatic carbocycles. The number of nitrogens with two attached hydrogens (primary N) is 1. The molecule has 0 aliphatic rings. The average molecular weight is 447 g/mol. The van der Waals surface area contributed by atoms with Crippen molar-refractivity contribution in [2.75, 3.05) is 6.54 Å². The van der Waals surface area contributed by atoms with Crippen LogP contribution in [0.5, 0.6) is 0 Å². The Morgan fingerprint density at radius 3 is 2.27 bits per heavy atom. The SMILES string of the molecule is CCCCCCCCCCN.N#Cc1cccc(-c2[nH]c(-c3ccncc3)cc2C(=O)O)c1. The summed E-state index contributed by atoms with van der Waals surface area (Å²) in [7, 11) is 0. The number of nitriles is 1. The second-order valence-corrected chi connectivity index (χ2v) is 7.97. The summed E-state index contributed by atoms with van der Waals surface area (Å²) >= 11 is 0. The van der Waals surface area contributed by atoms with Gasteiger partial charge in [-0.3, -0.25) is 4.98 Å². The zero-order valence-electron chi connectivity index (χ0n) is 19.4. The maximum absolute atomic E-state index is 11.5. The molecule has 0 saturated carbocycles. The molecule has 0 radical (unpaired) electrons. The van der Waals surface area contributed by atoms with Crippen LogP contribution in [0.3, 0.4) is 0 Å². The molecule has 33 heavy (non-hydrogen) atoms. The van der Waals surface area contributed by atoms with E-state index in [1.54, 1.807) is 54.9 Å². The van der Waals surface area contributed by atoms with E-state index in [4.69, 9.17) is 11.0 Å². The summed E-state index contributed by atoms with van der Waals surface area (Å²) in [5, 5.41) is 18.4. The van der Waals surface area contributed by atoms with Gasteiger partial charge in [0.15, 0.2) is 0 Å². The summed E-state index contributed by atoms with van der Waals surface area (Å²) in [6, 6.07) is 14.1. The first-order valence-electron chi connectivity index (χ1n) is 11.7. The van der Waals surface area contributed by atoms with Gasteiger partial charge in [-0.25, -0.2) is 4.79 Å². The fraction of sp³-hybridized carbons (Fsp3) is 0.370. The van der Waals surface area contributed by atoms with E-state index >= 15 is 0 Å². The second-order valence-electron chi connectivity index (χ2n) is 7.97. The number of aromatic nitrogens is 2. The van der Waals surface area contributed by atoms with E-state index in [1.807, 2.05) is 0 Å². The number of carbonyl (C=O) groups is 1. The van der Waals surface area contributed by atoms with Crippen LogP contribution < -0.4 is 5.73 Å². The molecule has 0 unspecified atom stereocenters. The molecule has 3 aromatic rings. The van der Waals surface area contributed by atoms with Crippen LogP contribution in [0.25, 0.3) is 22.5 Å². The molecular formula is C27H34N4O2. The van der Waals surface area contributed by atoms with Crippen molar-refractivity contribution in [3.05, 3.63) is 66.0 Å². The van der Waals surface area contributed by atoms with Gasteiger partial charge in [0.05, 0.1) is 22.9 Å². The van der Waals surface area contributed by atoms with Crippen molar-refractivity contribution in [3.63, 3.8) is 0 Å². The number of benzene rings is 1. The van der Waals surface area contributed by atoms with Crippen molar-refractivity contribution < 1.29 is 9.90 Å². The fourth-order valence-electron chi connectivity index (χ4n) is 3.56. The van der Waals surface area contributed by atoms with Gasteiger partial charge in [-0.05, 0) is 43.3 Å². The Labute approximate surface area is 196 Å². The number of hydrogen-bond donors (Lipinski definition) is 3. The number of pyridine rings is 1. The van der Waals surface area contributed by atoms with Crippen LogP contribution in [-0.2, 0) is 0 Å². The fourth-order valence-corrected chi connectivity index (χ4v) is 3.56. The van der Waals surface area contributed by atoms with Crippen molar-refractivity contribution in [3.8, 4) is 28.6 Å². The van der Waals surface area contributed by atoms with Crippen LogP contribution in [0, 0.1) is 11.3 Å². The number of unbranched alkanes of at least 4 members (excludes halogenated alkanes) is 7. The number of carboxylic acid groups (broad SMARTS) is 1. The minimum atomic E-state index is -1.02. The predicted molar refractivity (Wildman–Crippen MR) is 133 cm³/mol. The third kappa shape index (κ3) is 8.55. The molecule has 0 fully saturated rings. The Morgan fingerprint density at radius 1 is 1.00 bits per heavy atom. The summed E-state index contributed by atoms with van der Waals surface area (Å²) in [5.41, 5.74) is 8.73. The Kier molecular flexibility index (Phi) is 11.4. The second kappa shape index (κ2) is 14.6. The average Bonchev–Trinajstić information content (AvgIpc) is 3.31. The molecule has 2 heterocycles. The molecule has 0 atom stereocenters. The third-order valence-electron chi connectivity index (χ3n) is 5.38. The van der Waals surface area contributed by atoms with Crippen molar-refractivity contribution in [2.45, 2.75) is 58.3 Å². The van der Waals surface area contributed by atoms with E-state index in [-0.39, 0.29) is 5.56 Å². The van der Waals surface area contributed by atoms with Gasteiger partial charge >= 0.3 is 5.97 Å². The highest BCUT2D eigenvalue weighted by atomic mass is 16.4. The number of hydrogen-bond acceptors (Lipinski definition) is 4. The van der Waals surface area contributed by atoms with Gasteiger partial charge in [0.1, 0.15) is 0 Å². The van der Waals surface area contributed by atoms with E-state index in [0.717, 1.165) is 12.1 Å². The lowest BCUT2D eigenvalue weighted by atomic mass is 10.1. The van der Waals surface area contributed by atoms with Crippen LogP contribution >= 0.6 is 0 Å². The highest BCUT2D eigenvalue weighted by molar-refractivity contribution is 5.97. The van der Waals surface area contributed by atoms with Crippen LogP contribution in [0.4, 0.5) is 0 Å². The standard InChI is InChI=1S/C17H11N3O2.C10H23N/c18-10-11-2-1-3-13(8-11)16-14(17(21)22)9-15(20-16)12-4-6-19-7-5-12;1-2-3-4-5-6-7-8-9-10-11/h1-9,20H,(H,21,22);2-11H2,1H3. The number of nitrogens with zero attached hydrogens (tertiary/aromatic N) is 2. The Morgan fingerprint density at radius 2 is 1.67 bits per heavy atom. The smallest absolute Gasteiger partial charge is 0.337 e. The number of aromatic carboxylic acids is 1. The monoisotopic (exact) mass is 446 g/mol. The van der Waals surface area contributed by atoms with E-state index < -0.39 is 5.97 Å². The minimum Gasteiger partial charge on any atom is -0.478 e. The largest absolute Gasteiger partial charge is 0.478 e. The molecule has 6 heteroatoms. The molecule has 174 valence electrons. The summed E-state index contributed by atoms with van der Waals surface area (Å²) in [4.78, 5) is 18.6. The lowest BCUT2D eigenvalue weighted by molar-refractivity contribution is 0.0698. The first-order valence-corrected chi connectivity index (χ1v) is 11.7. The topological polar surface area (TPSA) is 116 Å². The van der Waals surface area contributed by atoms with E-state index in [9.17, 15) is 9.90 Å². The zero-order valence-corrected chi connectivity index (χ0v) is 19.4. The van der Waals surface area contributed by atoms with E-state index in [1.165, 1.54) is 51.4 Å². The molecule has 0 spiro atoms. The number of nitrogens with one attached hydrogen (secondary N) is 1. The molecule has 2 aromatic heterocycles. The van der Waals surface area contributed by atoms with Gasteiger partial charge in [-0.15, -0.1) is 0 Å². The summed E-state index contributed by atoms with van der Waals surface area (Å²) < 4.78 is 0. The van der Waals surface area contributed by atoms with Crippen LogP contribution in [0.15, 0.2) is 54.9 Å². The first kappa shape index (κ1) is 25.8. The summed E-state index contributed by atoms with van der Waals surface area (Å²) in [6.07, 6.45) is 14.3. The van der Waals surface area contributed by atoms with Gasteiger partial charge in [0.2, 0.25) is 0 Å². The molecule has 0 saturated heterocycles. The molecule has 6 nitrogen and oxygen atoms in total. The number of aromatic amines is 1. The van der Waals surface area contributed by atoms with Gasteiger partial charge in [0, 0.05) is 29.2 Å². The molecule has 3 rings (SSSR count). The molecule has 4 N–H and O–H groups in total. The maximum atomic E-state index is 11.5. The quantitative estimate of drug-likeness (QED) is 0.295. The van der Waals surface area contributed by atoms with Crippen molar-refractivity contribution in [2.24, 2.45) is 5.73 Å². The Hall–Kier alpha value is -3.43. The third-order valence-corrected chi connectivity index (χ3v) is 5.38. The number of rotatable bonds is 11. The Balaban J connectivity index is 0.000000299. The van der Waals surface area contributed by atoms with Crippen LogP contribution in [-0.4, -0.2) is 27.6 Å². The molecule has 0 bridgehead atoms. The van der Waals surface area contributed by atoms with Crippen LogP contribution in [0.1, 0.15) is 74.2 Å². The molecule has 0 amide bonds. The zero-order chi connectivity index (χ0) is 23.9. The first-order chi connectivity index (χ1) is 16.1. The summed E-state index contributed by atoms with van der Waals surface area (Å²) in [6.45, 7) is 3.13. The number of H-pyrrole nitrogens is 1. The van der Waals surface area contributed by atoms with Gasteiger partial charge in [0.25, 0.3) is 0 Å². The molecule has 0 aliphatic heterocycles. The van der Waals surface area contributed by atoms with Crippen molar-refractivity contribution >= 4 is 5.97 Å². The highest BCUT2D eigenvalue weighted by Crippen LogP contribution is 2.29. The minimum absolute atomic E-state index is 0.168. The van der Waals surface area contributed by atoms with E-state index in [0.29, 0.717) is 22.5 Å². The lowest BCUT2D eigenvalue weighted by Crippen LogP contribution is -1.97. The summed E-state index contributed by atoms with van der Waals surface area (Å²) in [5.74, 6) is -1.02. The highest BCUT2D eigenvalue weighted by Gasteiger charge is 2.17. The van der Waals surface area contributed by atoms with Crippen molar-refractivity contribution in [1.29, 1.82) is 5.26 Å². The van der Waals surface area contributed by atoms with E-state index in [2.05, 4.69) is 23.0 Å². The maximum Gasteiger partial charge on any atom is 0.337 e. The normalized spacial score (nSPS) is 10.2.